The number of nitrogens with one attached hydrogen (secondary N) is 1. The Morgan fingerprint density at radius 2 is 2.17 bits per heavy atom. The van der Waals surface area contributed by atoms with Gasteiger partial charge < -0.3 is 10.4 Å². The van der Waals surface area contributed by atoms with Gasteiger partial charge >= 0.3 is 0 Å². The Morgan fingerprint density at radius 1 is 1.39 bits per heavy atom. The Kier molecular flexibility index (Phi) is 4.30. The number of rotatable bonds is 4. The van der Waals surface area contributed by atoms with Crippen LogP contribution in [0.4, 0.5) is 8.78 Å². The standard InChI is InChI=1S/C14H19F2NO/c1-9-2-4-11(6-9)17-8-14(18)12-5-3-10(15)7-13(12)16/h3,5,7,9,11,14,17-18H,2,4,6,8H2,1H3. The van der Waals surface area contributed by atoms with Gasteiger partial charge in [0.25, 0.3) is 0 Å². The second-order valence-corrected chi connectivity index (χ2v) is 5.21. The Balaban J connectivity index is 1.89. The van der Waals surface area contributed by atoms with Gasteiger partial charge in [-0.3, -0.25) is 0 Å². The molecule has 0 aromatic heterocycles. The van der Waals surface area contributed by atoms with Crippen LogP contribution in [0.25, 0.3) is 0 Å². The van der Waals surface area contributed by atoms with Gasteiger partial charge in [-0.05, 0) is 31.2 Å². The summed E-state index contributed by atoms with van der Waals surface area (Å²) in [6.45, 7) is 2.51. The fraction of sp³-hybridized carbons (Fsp3) is 0.571. The van der Waals surface area contributed by atoms with Gasteiger partial charge in [-0.1, -0.05) is 13.0 Å². The maximum absolute atomic E-state index is 13.4. The summed E-state index contributed by atoms with van der Waals surface area (Å²) in [7, 11) is 0. The van der Waals surface area contributed by atoms with Crippen molar-refractivity contribution in [3.8, 4) is 0 Å². The van der Waals surface area contributed by atoms with Crippen molar-refractivity contribution in [3.63, 3.8) is 0 Å². The molecule has 1 fully saturated rings. The monoisotopic (exact) mass is 255 g/mol. The minimum Gasteiger partial charge on any atom is -0.387 e. The summed E-state index contributed by atoms with van der Waals surface area (Å²) in [5, 5.41) is 13.1. The molecule has 3 unspecified atom stereocenters. The highest BCUT2D eigenvalue weighted by molar-refractivity contribution is 5.21. The summed E-state index contributed by atoms with van der Waals surface area (Å²) in [4.78, 5) is 0. The first-order chi connectivity index (χ1) is 8.56. The van der Waals surface area contributed by atoms with Crippen LogP contribution in [0.2, 0.25) is 0 Å². The van der Waals surface area contributed by atoms with Crippen LogP contribution in [0, 0.1) is 17.6 Å². The van der Waals surface area contributed by atoms with E-state index in [-0.39, 0.29) is 5.56 Å². The van der Waals surface area contributed by atoms with E-state index in [4.69, 9.17) is 0 Å². The first kappa shape index (κ1) is 13.4. The molecule has 2 rings (SSSR count). The normalized spacial score (nSPS) is 25.3. The zero-order chi connectivity index (χ0) is 13.1. The molecule has 3 atom stereocenters. The smallest absolute Gasteiger partial charge is 0.131 e. The highest BCUT2D eigenvalue weighted by Crippen LogP contribution is 2.25. The molecule has 0 aliphatic heterocycles. The largest absolute Gasteiger partial charge is 0.387 e. The van der Waals surface area contributed by atoms with Gasteiger partial charge in [0.2, 0.25) is 0 Å². The molecule has 0 saturated heterocycles. The van der Waals surface area contributed by atoms with E-state index in [1.165, 1.54) is 18.6 Å². The Labute approximate surface area is 106 Å². The van der Waals surface area contributed by atoms with Crippen molar-refractivity contribution in [1.29, 1.82) is 0 Å². The minimum absolute atomic E-state index is 0.148. The van der Waals surface area contributed by atoms with Crippen LogP contribution in [0.15, 0.2) is 18.2 Å². The van der Waals surface area contributed by atoms with E-state index in [1.54, 1.807) is 0 Å². The van der Waals surface area contributed by atoms with Crippen molar-refractivity contribution in [2.24, 2.45) is 5.92 Å². The summed E-state index contributed by atoms with van der Waals surface area (Å²) in [6, 6.07) is 3.67. The number of halogens is 2. The van der Waals surface area contributed by atoms with Crippen LogP contribution < -0.4 is 5.32 Å². The van der Waals surface area contributed by atoms with E-state index < -0.39 is 17.7 Å². The van der Waals surface area contributed by atoms with E-state index in [0.717, 1.165) is 18.9 Å². The van der Waals surface area contributed by atoms with Gasteiger partial charge in [0.1, 0.15) is 11.6 Å². The molecule has 0 spiro atoms. The summed E-state index contributed by atoms with van der Waals surface area (Å²) >= 11 is 0. The molecule has 1 aromatic rings. The van der Waals surface area contributed by atoms with Gasteiger partial charge in [-0.25, -0.2) is 8.78 Å². The first-order valence-corrected chi connectivity index (χ1v) is 6.42. The quantitative estimate of drug-likeness (QED) is 0.867. The summed E-state index contributed by atoms with van der Waals surface area (Å²) in [5.74, 6) is -0.604. The second kappa shape index (κ2) is 5.76. The molecule has 0 amide bonds. The zero-order valence-electron chi connectivity index (χ0n) is 10.5. The molecule has 4 heteroatoms. The Morgan fingerprint density at radius 3 is 2.78 bits per heavy atom. The molecule has 1 aliphatic rings. The third kappa shape index (κ3) is 3.27. The van der Waals surface area contributed by atoms with Gasteiger partial charge in [-0.2, -0.15) is 0 Å². The fourth-order valence-corrected chi connectivity index (χ4v) is 2.55. The fourth-order valence-electron chi connectivity index (χ4n) is 2.55. The molecule has 0 heterocycles. The van der Waals surface area contributed by atoms with Crippen molar-refractivity contribution in [2.45, 2.75) is 38.3 Å². The highest BCUT2D eigenvalue weighted by atomic mass is 19.1. The number of benzene rings is 1. The lowest BCUT2D eigenvalue weighted by Crippen LogP contribution is -2.31. The SMILES string of the molecule is CC1CCC(NCC(O)c2ccc(F)cc2F)C1. The van der Waals surface area contributed by atoms with Crippen molar-refractivity contribution < 1.29 is 13.9 Å². The van der Waals surface area contributed by atoms with Crippen LogP contribution in [-0.2, 0) is 0 Å². The molecule has 1 aliphatic carbocycles. The van der Waals surface area contributed by atoms with E-state index in [2.05, 4.69) is 12.2 Å². The van der Waals surface area contributed by atoms with Crippen molar-refractivity contribution in [3.05, 3.63) is 35.4 Å². The van der Waals surface area contributed by atoms with Crippen LogP contribution >= 0.6 is 0 Å². The predicted molar refractivity (Wildman–Crippen MR) is 66.1 cm³/mol. The topological polar surface area (TPSA) is 32.3 Å². The molecule has 0 bridgehead atoms. The molecule has 0 radical (unpaired) electrons. The number of aliphatic hydroxyl groups excluding tert-OH is 1. The second-order valence-electron chi connectivity index (χ2n) is 5.21. The van der Waals surface area contributed by atoms with Crippen LogP contribution in [0.3, 0.4) is 0 Å². The van der Waals surface area contributed by atoms with E-state index in [9.17, 15) is 13.9 Å². The lowest BCUT2D eigenvalue weighted by atomic mass is 10.1. The zero-order valence-corrected chi connectivity index (χ0v) is 10.5. The van der Waals surface area contributed by atoms with E-state index in [1.807, 2.05) is 0 Å². The Hall–Kier alpha value is -1.00. The molecular formula is C14H19F2NO. The first-order valence-electron chi connectivity index (χ1n) is 6.42. The van der Waals surface area contributed by atoms with E-state index >= 15 is 0 Å². The molecule has 1 aromatic carbocycles. The number of hydrogen-bond acceptors (Lipinski definition) is 2. The Bertz CT molecular complexity index is 411. The van der Waals surface area contributed by atoms with Gasteiger partial charge in [-0.15, -0.1) is 0 Å². The molecule has 18 heavy (non-hydrogen) atoms. The van der Waals surface area contributed by atoms with E-state index in [0.29, 0.717) is 18.5 Å². The van der Waals surface area contributed by atoms with Crippen molar-refractivity contribution >= 4 is 0 Å². The molecule has 2 N–H and O–H groups in total. The lowest BCUT2D eigenvalue weighted by Gasteiger charge is -2.17. The average Bonchev–Trinajstić information content (AvgIpc) is 2.72. The average molecular weight is 255 g/mol. The molecule has 100 valence electrons. The summed E-state index contributed by atoms with van der Waals surface area (Å²) in [6.07, 6.45) is 2.46. The van der Waals surface area contributed by atoms with Gasteiger partial charge in [0.05, 0.1) is 6.10 Å². The van der Waals surface area contributed by atoms with Crippen LogP contribution in [-0.4, -0.2) is 17.7 Å². The molecule has 1 saturated carbocycles. The maximum Gasteiger partial charge on any atom is 0.131 e. The maximum atomic E-state index is 13.4. The van der Waals surface area contributed by atoms with Crippen molar-refractivity contribution in [2.75, 3.05) is 6.54 Å². The third-order valence-electron chi connectivity index (χ3n) is 3.62. The van der Waals surface area contributed by atoms with Crippen molar-refractivity contribution in [1.82, 2.24) is 5.32 Å². The summed E-state index contributed by atoms with van der Waals surface area (Å²) < 4.78 is 26.2. The molecule has 2 nitrogen and oxygen atoms in total. The van der Waals surface area contributed by atoms with Gasteiger partial charge in [0.15, 0.2) is 0 Å². The molecular weight excluding hydrogens is 236 g/mol. The van der Waals surface area contributed by atoms with Gasteiger partial charge in [0, 0.05) is 24.2 Å². The van der Waals surface area contributed by atoms with Crippen LogP contribution in [0.1, 0.15) is 37.9 Å². The summed E-state index contributed by atoms with van der Waals surface area (Å²) in [5.41, 5.74) is 0.148. The number of hydrogen-bond donors (Lipinski definition) is 2. The minimum atomic E-state index is -0.929. The third-order valence-corrected chi connectivity index (χ3v) is 3.62. The lowest BCUT2D eigenvalue weighted by molar-refractivity contribution is 0.165. The highest BCUT2D eigenvalue weighted by Gasteiger charge is 2.22. The van der Waals surface area contributed by atoms with Crippen LogP contribution in [0.5, 0.6) is 0 Å². The predicted octanol–water partition coefficient (Wildman–Crippen LogP) is 2.78. The number of aliphatic hydroxyl groups is 1.